The summed E-state index contributed by atoms with van der Waals surface area (Å²) < 4.78 is 0. The second-order valence-corrected chi connectivity index (χ2v) is 5.78. The first kappa shape index (κ1) is 14.1. The van der Waals surface area contributed by atoms with E-state index in [1.165, 1.54) is 32.1 Å². The van der Waals surface area contributed by atoms with Crippen LogP contribution < -0.4 is 16.6 Å². The van der Waals surface area contributed by atoms with Crippen LogP contribution in [0.15, 0.2) is 6.07 Å². The van der Waals surface area contributed by atoms with Crippen LogP contribution in [0.4, 0.5) is 11.6 Å². The van der Waals surface area contributed by atoms with E-state index >= 15 is 0 Å². The van der Waals surface area contributed by atoms with Crippen LogP contribution in [0.3, 0.4) is 0 Å². The number of aromatic nitrogens is 2. The SMILES string of the molecule is CCc1nc(NN)cc(NCC2(C)CCCCC2)n1. The molecule has 1 aliphatic rings. The summed E-state index contributed by atoms with van der Waals surface area (Å²) in [4.78, 5) is 8.79. The van der Waals surface area contributed by atoms with Gasteiger partial charge in [0, 0.05) is 19.0 Å². The topological polar surface area (TPSA) is 75.9 Å². The number of rotatable bonds is 5. The Kier molecular flexibility index (Phi) is 4.58. The normalized spacial score (nSPS) is 18.1. The molecule has 1 heterocycles. The molecule has 0 saturated heterocycles. The van der Waals surface area contributed by atoms with Crippen molar-refractivity contribution in [1.82, 2.24) is 9.97 Å². The van der Waals surface area contributed by atoms with Crippen LogP contribution in [0.1, 0.15) is 51.8 Å². The number of aryl methyl sites for hydroxylation is 1. The lowest BCUT2D eigenvalue weighted by Gasteiger charge is -2.33. The molecule has 0 aromatic carbocycles. The number of nitrogens with one attached hydrogen (secondary N) is 2. The smallest absolute Gasteiger partial charge is 0.145 e. The van der Waals surface area contributed by atoms with Crippen molar-refractivity contribution in [3.05, 3.63) is 11.9 Å². The molecule has 0 unspecified atom stereocenters. The molecule has 0 atom stereocenters. The van der Waals surface area contributed by atoms with Crippen LogP contribution >= 0.6 is 0 Å². The van der Waals surface area contributed by atoms with E-state index in [9.17, 15) is 0 Å². The second kappa shape index (κ2) is 6.19. The summed E-state index contributed by atoms with van der Waals surface area (Å²) >= 11 is 0. The van der Waals surface area contributed by atoms with Gasteiger partial charge >= 0.3 is 0 Å². The third kappa shape index (κ3) is 3.80. The summed E-state index contributed by atoms with van der Waals surface area (Å²) in [6, 6.07) is 1.87. The Balaban J connectivity index is 2.02. The average Bonchev–Trinajstić information content (AvgIpc) is 2.45. The molecule has 106 valence electrons. The Morgan fingerprint density at radius 1 is 1.21 bits per heavy atom. The van der Waals surface area contributed by atoms with Crippen LogP contribution in [-0.4, -0.2) is 16.5 Å². The monoisotopic (exact) mass is 263 g/mol. The first-order chi connectivity index (χ1) is 9.15. The fraction of sp³-hybridized carbons (Fsp3) is 0.714. The lowest BCUT2D eigenvalue weighted by molar-refractivity contribution is 0.233. The predicted molar refractivity (Wildman–Crippen MR) is 78.9 cm³/mol. The van der Waals surface area contributed by atoms with E-state index in [1.807, 2.05) is 13.0 Å². The quantitative estimate of drug-likeness (QED) is 0.562. The van der Waals surface area contributed by atoms with Gasteiger partial charge in [-0.25, -0.2) is 15.8 Å². The summed E-state index contributed by atoms with van der Waals surface area (Å²) in [6.07, 6.45) is 7.47. The van der Waals surface area contributed by atoms with Crippen molar-refractivity contribution in [2.45, 2.75) is 52.4 Å². The third-order valence-corrected chi connectivity index (χ3v) is 3.99. The molecule has 1 aromatic rings. The average molecular weight is 263 g/mol. The van der Waals surface area contributed by atoms with Crippen molar-refractivity contribution in [3.63, 3.8) is 0 Å². The maximum absolute atomic E-state index is 5.44. The zero-order chi connectivity index (χ0) is 13.7. The maximum Gasteiger partial charge on any atom is 0.145 e. The number of hydrogen-bond acceptors (Lipinski definition) is 5. The van der Waals surface area contributed by atoms with Crippen molar-refractivity contribution in [1.29, 1.82) is 0 Å². The van der Waals surface area contributed by atoms with Gasteiger partial charge in [-0.1, -0.05) is 33.1 Å². The van der Waals surface area contributed by atoms with E-state index < -0.39 is 0 Å². The van der Waals surface area contributed by atoms with Gasteiger partial charge in [0.2, 0.25) is 0 Å². The van der Waals surface area contributed by atoms with Gasteiger partial charge in [0.15, 0.2) is 0 Å². The van der Waals surface area contributed by atoms with Crippen LogP contribution in [0.2, 0.25) is 0 Å². The largest absolute Gasteiger partial charge is 0.369 e. The fourth-order valence-electron chi connectivity index (χ4n) is 2.71. The summed E-state index contributed by atoms with van der Waals surface area (Å²) in [5, 5.41) is 3.46. The lowest BCUT2D eigenvalue weighted by atomic mass is 9.76. The molecule has 0 aliphatic heterocycles. The van der Waals surface area contributed by atoms with Crippen LogP contribution in [0.5, 0.6) is 0 Å². The van der Waals surface area contributed by atoms with Gasteiger partial charge in [-0.15, -0.1) is 0 Å². The highest BCUT2D eigenvalue weighted by atomic mass is 15.3. The van der Waals surface area contributed by atoms with Gasteiger partial charge < -0.3 is 10.7 Å². The van der Waals surface area contributed by atoms with Gasteiger partial charge in [0.25, 0.3) is 0 Å². The summed E-state index contributed by atoms with van der Waals surface area (Å²) in [6.45, 7) is 5.38. The van der Waals surface area contributed by atoms with E-state index in [0.717, 1.165) is 24.6 Å². The molecular formula is C14H25N5. The maximum atomic E-state index is 5.44. The standard InChI is InChI=1S/C14H25N5/c1-3-11-17-12(9-13(18-11)19-15)16-10-14(2)7-5-4-6-8-14/h9H,3-8,10,15H2,1-2H3,(H2,16,17,18,19). The summed E-state index contributed by atoms with van der Waals surface area (Å²) in [5.74, 6) is 7.79. The molecule has 1 fully saturated rings. The van der Waals surface area contributed by atoms with Crippen molar-refractivity contribution in [3.8, 4) is 0 Å². The minimum atomic E-state index is 0.395. The highest BCUT2D eigenvalue weighted by molar-refractivity contribution is 5.47. The Labute approximate surface area is 115 Å². The molecule has 5 heteroatoms. The molecule has 0 bridgehead atoms. The molecule has 1 aromatic heterocycles. The van der Waals surface area contributed by atoms with E-state index in [4.69, 9.17) is 5.84 Å². The molecule has 5 nitrogen and oxygen atoms in total. The van der Waals surface area contributed by atoms with Gasteiger partial charge in [-0.3, -0.25) is 0 Å². The van der Waals surface area contributed by atoms with Crippen LogP contribution in [0.25, 0.3) is 0 Å². The van der Waals surface area contributed by atoms with E-state index in [-0.39, 0.29) is 0 Å². The molecule has 19 heavy (non-hydrogen) atoms. The zero-order valence-corrected chi connectivity index (χ0v) is 12.0. The Morgan fingerprint density at radius 2 is 1.89 bits per heavy atom. The van der Waals surface area contributed by atoms with Gasteiger partial charge in [0.05, 0.1) is 0 Å². The van der Waals surface area contributed by atoms with E-state index in [2.05, 4.69) is 27.6 Å². The van der Waals surface area contributed by atoms with Gasteiger partial charge in [-0.2, -0.15) is 0 Å². The minimum Gasteiger partial charge on any atom is -0.369 e. The number of nitrogen functional groups attached to an aromatic ring is 1. The second-order valence-electron chi connectivity index (χ2n) is 5.78. The fourth-order valence-corrected chi connectivity index (χ4v) is 2.71. The molecule has 0 spiro atoms. The minimum absolute atomic E-state index is 0.395. The van der Waals surface area contributed by atoms with Crippen LogP contribution in [0, 0.1) is 5.41 Å². The zero-order valence-electron chi connectivity index (χ0n) is 12.0. The number of hydrazine groups is 1. The molecule has 4 N–H and O–H groups in total. The highest BCUT2D eigenvalue weighted by Gasteiger charge is 2.26. The molecular weight excluding hydrogens is 238 g/mol. The molecule has 1 saturated carbocycles. The molecule has 1 aliphatic carbocycles. The Hall–Kier alpha value is -1.36. The van der Waals surface area contributed by atoms with Crippen LogP contribution in [-0.2, 0) is 6.42 Å². The number of anilines is 2. The van der Waals surface area contributed by atoms with Crippen molar-refractivity contribution in [2.24, 2.45) is 11.3 Å². The first-order valence-corrected chi connectivity index (χ1v) is 7.24. The molecule has 0 amide bonds. The van der Waals surface area contributed by atoms with Crippen molar-refractivity contribution >= 4 is 11.6 Å². The lowest BCUT2D eigenvalue weighted by Crippen LogP contribution is -2.29. The Morgan fingerprint density at radius 3 is 2.53 bits per heavy atom. The number of nitrogens with two attached hydrogens (primary N) is 1. The third-order valence-electron chi connectivity index (χ3n) is 3.99. The number of hydrogen-bond donors (Lipinski definition) is 3. The summed E-state index contributed by atoms with van der Waals surface area (Å²) in [5.41, 5.74) is 2.99. The summed E-state index contributed by atoms with van der Waals surface area (Å²) in [7, 11) is 0. The Bertz CT molecular complexity index is 390. The van der Waals surface area contributed by atoms with Crippen molar-refractivity contribution in [2.75, 3.05) is 17.3 Å². The van der Waals surface area contributed by atoms with E-state index in [0.29, 0.717) is 11.2 Å². The van der Waals surface area contributed by atoms with Crippen molar-refractivity contribution < 1.29 is 0 Å². The predicted octanol–water partition coefficient (Wildman–Crippen LogP) is 2.71. The first-order valence-electron chi connectivity index (χ1n) is 7.24. The van der Waals surface area contributed by atoms with Gasteiger partial charge in [0.1, 0.15) is 17.5 Å². The molecule has 0 radical (unpaired) electrons. The van der Waals surface area contributed by atoms with Gasteiger partial charge in [-0.05, 0) is 18.3 Å². The number of nitrogens with zero attached hydrogens (tertiary/aromatic N) is 2. The highest BCUT2D eigenvalue weighted by Crippen LogP contribution is 2.35. The molecule has 2 rings (SSSR count). The van der Waals surface area contributed by atoms with E-state index in [1.54, 1.807) is 0 Å².